The van der Waals surface area contributed by atoms with Gasteiger partial charge in [0.25, 0.3) is 0 Å². The molecule has 0 bridgehead atoms. The first-order valence-electron chi connectivity index (χ1n) is 8.08. The van der Waals surface area contributed by atoms with Gasteiger partial charge in [0, 0.05) is 34.2 Å². The molecular formula is C20H14ClNO5. The number of hydrogen-bond acceptors (Lipinski definition) is 6. The first-order chi connectivity index (χ1) is 13.1. The van der Waals surface area contributed by atoms with Gasteiger partial charge in [-0.1, -0.05) is 28.9 Å². The van der Waals surface area contributed by atoms with Crippen LogP contribution in [0.5, 0.6) is 11.5 Å². The van der Waals surface area contributed by atoms with E-state index in [4.69, 9.17) is 30.0 Å². The van der Waals surface area contributed by atoms with Crippen molar-refractivity contribution >= 4 is 22.6 Å². The minimum Gasteiger partial charge on any atom is -0.493 e. The molecule has 0 unspecified atom stereocenters. The molecule has 0 spiro atoms. The molecule has 0 atom stereocenters. The van der Waals surface area contributed by atoms with Crippen molar-refractivity contribution in [2.24, 2.45) is 0 Å². The van der Waals surface area contributed by atoms with Crippen molar-refractivity contribution in [1.29, 1.82) is 0 Å². The molecule has 0 radical (unpaired) electrons. The molecule has 0 aliphatic carbocycles. The number of methoxy groups -OCH3 is 1. The van der Waals surface area contributed by atoms with Crippen molar-refractivity contribution in [3.8, 4) is 22.8 Å². The van der Waals surface area contributed by atoms with E-state index in [1.54, 1.807) is 43.5 Å². The van der Waals surface area contributed by atoms with Gasteiger partial charge in [-0.05, 0) is 24.3 Å². The molecule has 0 fully saturated rings. The Kier molecular flexibility index (Phi) is 4.56. The Morgan fingerprint density at radius 3 is 2.63 bits per heavy atom. The fraction of sp³-hybridized carbons (Fsp3) is 0.100. The predicted octanol–water partition coefficient (Wildman–Crippen LogP) is 4.69. The molecule has 136 valence electrons. The van der Waals surface area contributed by atoms with Crippen LogP contribution < -0.4 is 15.1 Å². The van der Waals surface area contributed by atoms with E-state index in [0.29, 0.717) is 33.6 Å². The average Bonchev–Trinajstić information content (AvgIpc) is 3.15. The third-order valence-corrected chi connectivity index (χ3v) is 4.23. The number of aromatic nitrogens is 1. The summed E-state index contributed by atoms with van der Waals surface area (Å²) in [6, 6.07) is 15.5. The highest BCUT2D eigenvalue weighted by molar-refractivity contribution is 6.30. The third kappa shape index (κ3) is 3.66. The monoisotopic (exact) mass is 383 g/mol. The number of nitrogens with zero attached hydrogens (tertiary/aromatic N) is 1. The quantitative estimate of drug-likeness (QED) is 0.465. The minimum absolute atomic E-state index is 0.138. The molecular weight excluding hydrogens is 370 g/mol. The van der Waals surface area contributed by atoms with Gasteiger partial charge in [0.15, 0.2) is 17.3 Å². The van der Waals surface area contributed by atoms with E-state index in [1.807, 2.05) is 12.1 Å². The van der Waals surface area contributed by atoms with Crippen molar-refractivity contribution in [3.05, 3.63) is 75.8 Å². The molecule has 7 heteroatoms. The lowest BCUT2D eigenvalue weighted by molar-refractivity contribution is 0.239. The average molecular weight is 384 g/mol. The van der Waals surface area contributed by atoms with Crippen molar-refractivity contribution < 1.29 is 18.4 Å². The van der Waals surface area contributed by atoms with Crippen LogP contribution in [0.15, 0.2) is 68.3 Å². The van der Waals surface area contributed by atoms with Crippen molar-refractivity contribution in [2.45, 2.75) is 6.61 Å². The van der Waals surface area contributed by atoms with Crippen LogP contribution in [-0.2, 0) is 6.61 Å². The molecule has 0 N–H and O–H groups in total. The second-order valence-corrected chi connectivity index (χ2v) is 6.21. The standard InChI is InChI=1S/C20H14ClNO5/c1-24-18-8-13-4-7-20(23)26-17(13)10-19(18)25-11-15-9-16(22-27-15)12-2-5-14(21)6-3-12/h2-10H,11H2,1H3. The van der Waals surface area contributed by atoms with Gasteiger partial charge in [-0.15, -0.1) is 0 Å². The van der Waals surface area contributed by atoms with Crippen molar-refractivity contribution in [2.75, 3.05) is 7.11 Å². The molecule has 0 saturated carbocycles. The zero-order chi connectivity index (χ0) is 18.8. The summed E-state index contributed by atoms with van der Waals surface area (Å²) in [5.41, 5.74) is 1.56. The molecule has 2 aromatic heterocycles. The smallest absolute Gasteiger partial charge is 0.336 e. The summed E-state index contributed by atoms with van der Waals surface area (Å²) in [5, 5.41) is 5.44. The van der Waals surface area contributed by atoms with Crippen LogP contribution in [0.2, 0.25) is 5.02 Å². The summed E-state index contributed by atoms with van der Waals surface area (Å²) >= 11 is 5.90. The second-order valence-electron chi connectivity index (χ2n) is 5.77. The number of ether oxygens (including phenoxy) is 2. The van der Waals surface area contributed by atoms with E-state index in [-0.39, 0.29) is 6.61 Å². The highest BCUT2D eigenvalue weighted by Crippen LogP contribution is 2.32. The largest absolute Gasteiger partial charge is 0.493 e. The normalized spacial score (nSPS) is 10.9. The number of hydrogen-bond donors (Lipinski definition) is 0. The van der Waals surface area contributed by atoms with Crippen LogP contribution in [0, 0.1) is 0 Å². The molecule has 2 aromatic carbocycles. The molecule has 6 nitrogen and oxygen atoms in total. The lowest BCUT2D eigenvalue weighted by Crippen LogP contribution is -1.99. The number of fused-ring (bicyclic) bond motifs is 1. The van der Waals surface area contributed by atoms with E-state index >= 15 is 0 Å². The van der Waals surface area contributed by atoms with Crippen molar-refractivity contribution in [3.63, 3.8) is 0 Å². The topological polar surface area (TPSA) is 74.7 Å². The zero-order valence-electron chi connectivity index (χ0n) is 14.3. The number of benzene rings is 2. The maximum Gasteiger partial charge on any atom is 0.336 e. The molecule has 2 heterocycles. The van der Waals surface area contributed by atoms with Gasteiger partial charge < -0.3 is 18.4 Å². The molecule has 4 aromatic rings. The fourth-order valence-electron chi connectivity index (χ4n) is 2.63. The Balaban J connectivity index is 1.56. The molecule has 0 aliphatic heterocycles. The summed E-state index contributed by atoms with van der Waals surface area (Å²) in [6.45, 7) is 0.138. The predicted molar refractivity (Wildman–Crippen MR) is 100 cm³/mol. The molecule has 4 rings (SSSR count). The van der Waals surface area contributed by atoms with Crippen LogP contribution in [0.4, 0.5) is 0 Å². The van der Waals surface area contributed by atoms with Crippen LogP contribution in [0.3, 0.4) is 0 Å². The van der Waals surface area contributed by atoms with E-state index in [9.17, 15) is 4.79 Å². The molecule has 27 heavy (non-hydrogen) atoms. The van der Waals surface area contributed by atoms with E-state index in [2.05, 4.69) is 5.16 Å². The Morgan fingerprint density at radius 2 is 1.85 bits per heavy atom. The van der Waals surface area contributed by atoms with E-state index in [1.165, 1.54) is 6.07 Å². The maximum absolute atomic E-state index is 11.4. The summed E-state index contributed by atoms with van der Waals surface area (Å²) in [6.07, 6.45) is 0. The highest BCUT2D eigenvalue weighted by Gasteiger charge is 2.12. The van der Waals surface area contributed by atoms with Gasteiger partial charge in [-0.25, -0.2) is 4.79 Å². The molecule has 0 saturated heterocycles. The summed E-state index contributed by atoms with van der Waals surface area (Å²) < 4.78 is 21.7. The van der Waals surface area contributed by atoms with Crippen LogP contribution >= 0.6 is 11.6 Å². The van der Waals surface area contributed by atoms with Gasteiger partial charge in [0.2, 0.25) is 0 Å². The van der Waals surface area contributed by atoms with Crippen LogP contribution in [0.1, 0.15) is 5.76 Å². The van der Waals surface area contributed by atoms with Gasteiger partial charge in [0.1, 0.15) is 17.9 Å². The van der Waals surface area contributed by atoms with Gasteiger partial charge in [-0.2, -0.15) is 0 Å². The molecule has 0 amide bonds. The lowest BCUT2D eigenvalue weighted by atomic mass is 10.1. The third-order valence-electron chi connectivity index (χ3n) is 3.97. The lowest BCUT2D eigenvalue weighted by Gasteiger charge is -2.10. The summed E-state index contributed by atoms with van der Waals surface area (Å²) in [7, 11) is 1.54. The SMILES string of the molecule is COc1cc2ccc(=O)oc2cc1OCc1cc(-c2ccc(Cl)cc2)no1. The second kappa shape index (κ2) is 7.17. The Morgan fingerprint density at radius 1 is 1.04 bits per heavy atom. The molecule has 0 aliphatic rings. The highest BCUT2D eigenvalue weighted by atomic mass is 35.5. The van der Waals surface area contributed by atoms with Gasteiger partial charge in [-0.3, -0.25) is 0 Å². The number of halogens is 1. The van der Waals surface area contributed by atoms with Crippen LogP contribution in [-0.4, -0.2) is 12.3 Å². The Bertz CT molecular complexity index is 1150. The summed E-state index contributed by atoms with van der Waals surface area (Å²) in [4.78, 5) is 11.4. The first kappa shape index (κ1) is 17.2. The maximum atomic E-state index is 11.4. The van der Waals surface area contributed by atoms with Gasteiger partial charge >= 0.3 is 5.63 Å². The Hall–Kier alpha value is -3.25. The Labute approximate surface area is 158 Å². The first-order valence-corrected chi connectivity index (χ1v) is 8.46. The van der Waals surface area contributed by atoms with E-state index < -0.39 is 5.63 Å². The van der Waals surface area contributed by atoms with Crippen LogP contribution in [0.25, 0.3) is 22.2 Å². The van der Waals surface area contributed by atoms with Gasteiger partial charge in [0.05, 0.1) is 7.11 Å². The summed E-state index contributed by atoms with van der Waals surface area (Å²) in [5.74, 6) is 1.49. The van der Waals surface area contributed by atoms with E-state index in [0.717, 1.165) is 10.9 Å². The zero-order valence-corrected chi connectivity index (χ0v) is 15.0. The number of rotatable bonds is 5. The fourth-order valence-corrected chi connectivity index (χ4v) is 2.76. The minimum atomic E-state index is -0.429. The van der Waals surface area contributed by atoms with Crippen molar-refractivity contribution in [1.82, 2.24) is 5.16 Å².